The average Bonchev–Trinajstić information content (AvgIpc) is 2.62. The molecule has 0 bridgehead atoms. The van der Waals surface area contributed by atoms with Gasteiger partial charge in [-0.05, 0) is 63.4 Å². The van der Waals surface area contributed by atoms with Crippen molar-refractivity contribution in [2.24, 2.45) is 0 Å². The molecule has 0 radical (unpaired) electrons. The minimum atomic E-state index is -0.455. The molecule has 1 atom stereocenters. The van der Waals surface area contributed by atoms with Gasteiger partial charge in [-0.1, -0.05) is 24.6 Å². The molecule has 132 valence electrons. The molecular formula is C20H30N2O2. The predicted molar refractivity (Wildman–Crippen MR) is 99.3 cm³/mol. The van der Waals surface area contributed by atoms with Crippen LogP contribution in [0.4, 0.5) is 5.69 Å². The van der Waals surface area contributed by atoms with Crippen LogP contribution in [0.2, 0.25) is 0 Å². The first kappa shape index (κ1) is 18.7. The van der Waals surface area contributed by atoms with Crippen LogP contribution in [0.1, 0.15) is 38.2 Å². The number of nitrogens with zero attached hydrogens (tertiary/aromatic N) is 1. The smallest absolute Gasteiger partial charge is 0.253 e. The molecule has 1 aliphatic heterocycles. The number of amides is 1. The largest absolute Gasteiger partial charge is 0.368 e. The van der Waals surface area contributed by atoms with E-state index < -0.39 is 6.10 Å². The summed E-state index contributed by atoms with van der Waals surface area (Å²) in [5, 5.41) is 2.90. The molecular weight excluding hydrogens is 300 g/mol. The van der Waals surface area contributed by atoms with Crippen LogP contribution in [-0.2, 0) is 16.0 Å². The molecule has 2 rings (SSSR count). The Bertz CT molecular complexity index is 507. The third kappa shape index (κ3) is 6.46. The predicted octanol–water partition coefficient (Wildman–Crippen LogP) is 3.63. The van der Waals surface area contributed by atoms with Gasteiger partial charge < -0.3 is 15.0 Å². The third-order valence-corrected chi connectivity index (χ3v) is 4.45. The van der Waals surface area contributed by atoms with E-state index in [1.54, 1.807) is 13.0 Å². The van der Waals surface area contributed by atoms with Crippen molar-refractivity contribution in [1.29, 1.82) is 0 Å². The van der Waals surface area contributed by atoms with Crippen molar-refractivity contribution < 1.29 is 9.53 Å². The van der Waals surface area contributed by atoms with Crippen molar-refractivity contribution in [2.45, 2.75) is 45.1 Å². The highest BCUT2D eigenvalue weighted by molar-refractivity contribution is 5.93. The Morgan fingerprint density at radius 2 is 2.00 bits per heavy atom. The maximum absolute atomic E-state index is 12.1. The van der Waals surface area contributed by atoms with E-state index in [-0.39, 0.29) is 5.91 Å². The lowest BCUT2D eigenvalue weighted by atomic mass is 10.1. The van der Waals surface area contributed by atoms with Crippen molar-refractivity contribution in [3.05, 3.63) is 42.5 Å². The van der Waals surface area contributed by atoms with Gasteiger partial charge in [0.05, 0.1) is 6.61 Å². The number of nitrogens with one attached hydrogen (secondary N) is 1. The molecule has 1 heterocycles. The van der Waals surface area contributed by atoms with Crippen molar-refractivity contribution in [1.82, 2.24) is 4.90 Å². The summed E-state index contributed by atoms with van der Waals surface area (Å²) in [6.45, 7) is 9.52. The van der Waals surface area contributed by atoms with Crippen molar-refractivity contribution >= 4 is 11.6 Å². The van der Waals surface area contributed by atoms with Crippen molar-refractivity contribution in [3.63, 3.8) is 0 Å². The van der Waals surface area contributed by atoms with E-state index in [2.05, 4.69) is 28.9 Å². The summed E-state index contributed by atoms with van der Waals surface area (Å²) in [6.07, 6.45) is 7.19. The summed E-state index contributed by atoms with van der Waals surface area (Å²) in [7, 11) is 0. The first-order valence-electron chi connectivity index (χ1n) is 9.03. The van der Waals surface area contributed by atoms with Crippen LogP contribution >= 0.6 is 0 Å². The summed E-state index contributed by atoms with van der Waals surface area (Å²) in [4.78, 5) is 14.6. The van der Waals surface area contributed by atoms with Crippen LogP contribution in [0, 0.1) is 0 Å². The zero-order chi connectivity index (χ0) is 17.2. The van der Waals surface area contributed by atoms with Gasteiger partial charge in [0.15, 0.2) is 0 Å². The molecule has 0 aromatic heterocycles. The molecule has 24 heavy (non-hydrogen) atoms. The van der Waals surface area contributed by atoms with Crippen LogP contribution in [0.25, 0.3) is 0 Å². The van der Waals surface area contributed by atoms with Crippen LogP contribution in [0.3, 0.4) is 0 Å². The summed E-state index contributed by atoms with van der Waals surface area (Å²) in [6, 6.07) is 8.14. The zero-order valence-corrected chi connectivity index (χ0v) is 14.8. The number of rotatable bonds is 9. The number of piperidine rings is 1. The lowest BCUT2D eigenvalue weighted by Crippen LogP contribution is -2.31. The number of likely N-dealkylation sites (tertiary alicyclic amines) is 1. The number of hydrogen-bond acceptors (Lipinski definition) is 3. The second-order valence-electron chi connectivity index (χ2n) is 6.43. The monoisotopic (exact) mass is 330 g/mol. The standard InChI is InChI=1S/C20H30N2O2/c1-3-4-16-24-17(2)20(23)21-19-10-8-18(9-11-19)12-15-22-13-6-5-7-14-22/h3,8-11,17H,1,4-7,12-16H2,2H3,(H,21,23). The van der Waals surface area contributed by atoms with E-state index in [9.17, 15) is 4.79 Å². The molecule has 0 aliphatic carbocycles. The van der Waals surface area contributed by atoms with Gasteiger partial charge in [0, 0.05) is 12.2 Å². The lowest BCUT2D eigenvalue weighted by molar-refractivity contribution is -0.126. The Labute approximate surface area is 145 Å². The minimum absolute atomic E-state index is 0.111. The highest BCUT2D eigenvalue weighted by Gasteiger charge is 2.13. The summed E-state index contributed by atoms with van der Waals surface area (Å²) >= 11 is 0. The van der Waals surface area contributed by atoms with Gasteiger partial charge in [0.1, 0.15) is 6.10 Å². The van der Waals surface area contributed by atoms with Crippen LogP contribution in [0.5, 0.6) is 0 Å². The highest BCUT2D eigenvalue weighted by Crippen LogP contribution is 2.13. The molecule has 1 N–H and O–H groups in total. The molecule has 1 saturated heterocycles. The van der Waals surface area contributed by atoms with Gasteiger partial charge in [0.25, 0.3) is 5.91 Å². The Kier molecular flexibility index (Phi) is 7.99. The fourth-order valence-corrected chi connectivity index (χ4v) is 2.87. The molecule has 1 aliphatic rings. The van der Waals surface area contributed by atoms with E-state index in [0.717, 1.165) is 25.1 Å². The molecule has 1 unspecified atom stereocenters. The molecule has 1 aromatic carbocycles. The second kappa shape index (κ2) is 10.3. The maximum atomic E-state index is 12.1. The van der Waals surface area contributed by atoms with Gasteiger partial charge in [0.2, 0.25) is 0 Å². The van der Waals surface area contributed by atoms with Gasteiger partial charge in [-0.25, -0.2) is 0 Å². The van der Waals surface area contributed by atoms with Gasteiger partial charge >= 0.3 is 0 Å². The van der Waals surface area contributed by atoms with Gasteiger partial charge in [-0.3, -0.25) is 4.79 Å². The summed E-state index contributed by atoms with van der Waals surface area (Å²) in [5.41, 5.74) is 2.13. The zero-order valence-electron chi connectivity index (χ0n) is 14.8. The topological polar surface area (TPSA) is 41.6 Å². The molecule has 4 nitrogen and oxygen atoms in total. The highest BCUT2D eigenvalue weighted by atomic mass is 16.5. The number of anilines is 1. The number of carbonyl (C=O) groups excluding carboxylic acids is 1. The Morgan fingerprint density at radius 1 is 1.29 bits per heavy atom. The fraction of sp³-hybridized carbons (Fsp3) is 0.550. The van der Waals surface area contributed by atoms with E-state index in [0.29, 0.717) is 6.61 Å². The van der Waals surface area contributed by atoms with Crippen LogP contribution < -0.4 is 5.32 Å². The maximum Gasteiger partial charge on any atom is 0.253 e. The van der Waals surface area contributed by atoms with E-state index in [1.807, 2.05) is 12.1 Å². The minimum Gasteiger partial charge on any atom is -0.368 e. The first-order chi connectivity index (χ1) is 11.7. The fourth-order valence-electron chi connectivity index (χ4n) is 2.87. The van der Waals surface area contributed by atoms with Crippen LogP contribution in [-0.4, -0.2) is 43.2 Å². The molecule has 1 aromatic rings. The average molecular weight is 330 g/mol. The number of hydrogen-bond donors (Lipinski definition) is 1. The molecule has 0 saturated carbocycles. The van der Waals surface area contributed by atoms with E-state index in [1.165, 1.54) is 37.9 Å². The van der Waals surface area contributed by atoms with Crippen molar-refractivity contribution in [3.8, 4) is 0 Å². The first-order valence-corrected chi connectivity index (χ1v) is 9.03. The summed E-state index contributed by atoms with van der Waals surface area (Å²) in [5.74, 6) is -0.111. The summed E-state index contributed by atoms with van der Waals surface area (Å²) < 4.78 is 5.46. The quantitative estimate of drug-likeness (QED) is 0.555. The van der Waals surface area contributed by atoms with Gasteiger partial charge in [-0.2, -0.15) is 0 Å². The Hall–Kier alpha value is -1.65. The Balaban J connectivity index is 1.74. The lowest BCUT2D eigenvalue weighted by Gasteiger charge is -2.26. The molecule has 0 spiro atoms. The SMILES string of the molecule is C=CCCOC(C)C(=O)Nc1ccc(CCN2CCCCC2)cc1. The van der Waals surface area contributed by atoms with Crippen molar-refractivity contribution in [2.75, 3.05) is 31.6 Å². The number of benzene rings is 1. The van der Waals surface area contributed by atoms with E-state index >= 15 is 0 Å². The number of ether oxygens (including phenoxy) is 1. The van der Waals surface area contributed by atoms with E-state index in [4.69, 9.17) is 4.74 Å². The Morgan fingerprint density at radius 3 is 2.67 bits per heavy atom. The molecule has 1 fully saturated rings. The van der Waals surface area contributed by atoms with Crippen LogP contribution in [0.15, 0.2) is 36.9 Å². The molecule has 4 heteroatoms. The number of carbonyl (C=O) groups is 1. The normalized spacial score (nSPS) is 16.5. The molecule has 1 amide bonds. The second-order valence-corrected chi connectivity index (χ2v) is 6.43. The van der Waals surface area contributed by atoms with Gasteiger partial charge in [-0.15, -0.1) is 6.58 Å². The third-order valence-electron chi connectivity index (χ3n) is 4.45.